The molecule has 3 heterocycles. The molecule has 0 aromatic carbocycles. The van der Waals surface area contributed by atoms with Crippen molar-refractivity contribution in [2.75, 3.05) is 6.54 Å². The van der Waals surface area contributed by atoms with Crippen LogP contribution in [0.15, 0.2) is 5.38 Å². The lowest BCUT2D eigenvalue weighted by Crippen LogP contribution is -2.41. The third-order valence-corrected chi connectivity index (χ3v) is 5.50. The fraction of sp³-hybridized carbons (Fsp3) is 0.800. The molecule has 3 unspecified atom stereocenters. The number of hydrogen-bond donors (Lipinski definition) is 1. The second kappa shape index (κ2) is 4.54. The molecule has 106 valence electrons. The first-order valence-electron chi connectivity index (χ1n) is 7.23. The Morgan fingerprint density at radius 2 is 2.26 bits per heavy atom. The van der Waals surface area contributed by atoms with E-state index in [1.807, 2.05) is 0 Å². The summed E-state index contributed by atoms with van der Waals surface area (Å²) in [6.07, 6.45) is 5.33. The standard InChI is InChI=1S/C15H24N2OS/c1-14(2,3)11-8-19-13(17-11)7-15(9-16)6-10-4-5-12(15)18-10/h8,10,12H,4-7,9,16H2,1-3H3. The number of rotatable bonds is 3. The molecular weight excluding hydrogens is 256 g/mol. The van der Waals surface area contributed by atoms with Crippen LogP contribution in [0.1, 0.15) is 50.7 Å². The van der Waals surface area contributed by atoms with E-state index < -0.39 is 0 Å². The predicted molar refractivity (Wildman–Crippen MR) is 78.5 cm³/mol. The molecule has 1 aromatic rings. The SMILES string of the molecule is CC(C)(C)c1csc(CC2(CN)CC3CCC2O3)n1. The summed E-state index contributed by atoms with van der Waals surface area (Å²) < 4.78 is 6.02. The Balaban J connectivity index is 1.79. The van der Waals surface area contributed by atoms with E-state index >= 15 is 0 Å². The number of nitrogens with zero attached hydrogens (tertiary/aromatic N) is 1. The van der Waals surface area contributed by atoms with Gasteiger partial charge in [-0.2, -0.15) is 0 Å². The molecule has 2 aliphatic heterocycles. The summed E-state index contributed by atoms with van der Waals surface area (Å²) in [4.78, 5) is 4.83. The quantitative estimate of drug-likeness (QED) is 0.926. The van der Waals surface area contributed by atoms with E-state index in [2.05, 4.69) is 26.2 Å². The van der Waals surface area contributed by atoms with Crippen molar-refractivity contribution >= 4 is 11.3 Å². The Bertz CT molecular complexity index is 465. The van der Waals surface area contributed by atoms with E-state index in [0.29, 0.717) is 12.2 Å². The third-order valence-electron chi connectivity index (χ3n) is 4.65. The number of nitrogens with two attached hydrogens (primary N) is 1. The van der Waals surface area contributed by atoms with E-state index in [4.69, 9.17) is 15.5 Å². The Hall–Kier alpha value is -0.450. The molecule has 3 nitrogen and oxygen atoms in total. The number of aromatic nitrogens is 1. The van der Waals surface area contributed by atoms with Crippen molar-refractivity contribution in [2.24, 2.45) is 11.1 Å². The average molecular weight is 280 g/mol. The van der Waals surface area contributed by atoms with Crippen molar-refractivity contribution in [3.63, 3.8) is 0 Å². The maximum absolute atomic E-state index is 6.09. The topological polar surface area (TPSA) is 48.1 Å². The molecule has 2 aliphatic rings. The minimum Gasteiger partial charge on any atom is -0.374 e. The maximum Gasteiger partial charge on any atom is 0.0935 e. The van der Waals surface area contributed by atoms with E-state index in [1.54, 1.807) is 11.3 Å². The van der Waals surface area contributed by atoms with Gasteiger partial charge in [0.2, 0.25) is 0 Å². The first-order valence-corrected chi connectivity index (χ1v) is 8.11. The molecular formula is C15H24N2OS. The van der Waals surface area contributed by atoms with Gasteiger partial charge in [0.15, 0.2) is 0 Å². The van der Waals surface area contributed by atoms with E-state index in [-0.39, 0.29) is 10.8 Å². The van der Waals surface area contributed by atoms with Crippen molar-refractivity contribution in [1.29, 1.82) is 0 Å². The highest BCUT2D eigenvalue weighted by atomic mass is 32.1. The fourth-order valence-electron chi connectivity index (χ4n) is 3.40. The van der Waals surface area contributed by atoms with Crippen LogP contribution in [0.5, 0.6) is 0 Å². The second-order valence-electron chi connectivity index (χ2n) is 7.15. The van der Waals surface area contributed by atoms with Gasteiger partial charge in [0.25, 0.3) is 0 Å². The zero-order valence-electron chi connectivity index (χ0n) is 12.1. The molecule has 0 saturated carbocycles. The van der Waals surface area contributed by atoms with Crippen LogP contribution in [-0.2, 0) is 16.6 Å². The monoisotopic (exact) mass is 280 g/mol. The molecule has 0 aliphatic carbocycles. The van der Waals surface area contributed by atoms with Gasteiger partial charge in [-0.15, -0.1) is 11.3 Å². The largest absolute Gasteiger partial charge is 0.374 e. The first-order chi connectivity index (χ1) is 8.93. The van der Waals surface area contributed by atoms with Crippen molar-refractivity contribution in [3.05, 3.63) is 16.1 Å². The summed E-state index contributed by atoms with van der Waals surface area (Å²) in [5.74, 6) is 0. The van der Waals surface area contributed by atoms with Gasteiger partial charge in [-0.25, -0.2) is 4.98 Å². The lowest BCUT2D eigenvalue weighted by molar-refractivity contribution is 0.0636. The van der Waals surface area contributed by atoms with Crippen LogP contribution < -0.4 is 5.73 Å². The van der Waals surface area contributed by atoms with Crippen molar-refractivity contribution in [2.45, 2.75) is 64.1 Å². The highest BCUT2D eigenvalue weighted by Gasteiger charge is 2.51. The maximum atomic E-state index is 6.09. The third kappa shape index (κ3) is 2.34. The molecule has 4 heteroatoms. The van der Waals surface area contributed by atoms with Crippen LogP contribution in [0, 0.1) is 5.41 Å². The number of ether oxygens (including phenoxy) is 1. The number of thiazole rings is 1. The van der Waals surface area contributed by atoms with Crippen LogP contribution in [0.2, 0.25) is 0 Å². The normalized spacial score (nSPS) is 34.1. The van der Waals surface area contributed by atoms with Gasteiger partial charge in [-0.3, -0.25) is 0 Å². The van der Waals surface area contributed by atoms with E-state index in [0.717, 1.165) is 19.4 Å². The lowest BCUT2D eigenvalue weighted by Gasteiger charge is -2.33. The second-order valence-corrected chi connectivity index (χ2v) is 8.09. The number of hydrogen-bond acceptors (Lipinski definition) is 4. The predicted octanol–water partition coefficient (Wildman–Crippen LogP) is 2.88. The summed E-state index contributed by atoms with van der Waals surface area (Å²) in [5, 5.41) is 3.43. The first kappa shape index (κ1) is 13.5. The molecule has 0 radical (unpaired) electrons. The zero-order valence-corrected chi connectivity index (χ0v) is 12.9. The molecule has 2 saturated heterocycles. The summed E-state index contributed by atoms with van der Waals surface area (Å²) in [6.45, 7) is 7.36. The molecule has 2 N–H and O–H groups in total. The van der Waals surface area contributed by atoms with Crippen LogP contribution in [0.4, 0.5) is 0 Å². The Morgan fingerprint density at radius 1 is 1.47 bits per heavy atom. The van der Waals surface area contributed by atoms with Gasteiger partial charge in [-0.05, 0) is 19.3 Å². The Morgan fingerprint density at radius 3 is 2.74 bits per heavy atom. The fourth-order valence-corrected chi connectivity index (χ4v) is 4.58. The minimum absolute atomic E-state index is 0.135. The van der Waals surface area contributed by atoms with Crippen LogP contribution in [-0.4, -0.2) is 23.7 Å². The number of fused-ring (bicyclic) bond motifs is 2. The summed E-state index contributed by atoms with van der Waals surface area (Å²) >= 11 is 1.78. The van der Waals surface area contributed by atoms with Gasteiger partial charge in [-0.1, -0.05) is 20.8 Å². The van der Waals surface area contributed by atoms with E-state index in [1.165, 1.54) is 23.5 Å². The lowest BCUT2D eigenvalue weighted by atomic mass is 9.72. The van der Waals surface area contributed by atoms with Gasteiger partial charge in [0.05, 0.1) is 22.9 Å². The van der Waals surface area contributed by atoms with Crippen molar-refractivity contribution in [3.8, 4) is 0 Å². The molecule has 3 rings (SSSR count). The highest BCUT2D eigenvalue weighted by molar-refractivity contribution is 7.09. The van der Waals surface area contributed by atoms with Gasteiger partial charge < -0.3 is 10.5 Å². The summed E-state index contributed by atoms with van der Waals surface area (Å²) in [5.41, 5.74) is 7.57. The van der Waals surface area contributed by atoms with E-state index in [9.17, 15) is 0 Å². The Labute approximate surface area is 119 Å². The minimum atomic E-state index is 0.135. The van der Waals surface area contributed by atoms with Crippen LogP contribution in [0.3, 0.4) is 0 Å². The smallest absolute Gasteiger partial charge is 0.0935 e. The van der Waals surface area contributed by atoms with Crippen LogP contribution >= 0.6 is 11.3 Å². The molecule has 2 fully saturated rings. The summed E-state index contributed by atoms with van der Waals surface area (Å²) in [6, 6.07) is 0. The molecule has 2 bridgehead atoms. The molecule has 19 heavy (non-hydrogen) atoms. The summed E-state index contributed by atoms with van der Waals surface area (Å²) in [7, 11) is 0. The van der Waals surface area contributed by atoms with Gasteiger partial charge >= 0.3 is 0 Å². The zero-order chi connectivity index (χ0) is 13.7. The van der Waals surface area contributed by atoms with Crippen molar-refractivity contribution in [1.82, 2.24) is 4.98 Å². The average Bonchev–Trinajstić information content (AvgIpc) is 3.02. The highest BCUT2D eigenvalue weighted by Crippen LogP contribution is 2.49. The molecule has 1 aromatic heterocycles. The Kier molecular flexibility index (Phi) is 3.23. The molecule has 0 spiro atoms. The van der Waals surface area contributed by atoms with Gasteiger partial charge in [0, 0.05) is 29.2 Å². The van der Waals surface area contributed by atoms with Crippen molar-refractivity contribution < 1.29 is 4.74 Å². The molecule has 3 atom stereocenters. The molecule has 0 amide bonds. The van der Waals surface area contributed by atoms with Crippen LogP contribution in [0.25, 0.3) is 0 Å². The van der Waals surface area contributed by atoms with Gasteiger partial charge in [0.1, 0.15) is 0 Å².